The molecule has 1 aromatic rings. The Labute approximate surface area is 149 Å². The lowest BCUT2D eigenvalue weighted by Gasteiger charge is -2.37. The van der Waals surface area contributed by atoms with Crippen molar-refractivity contribution >= 4 is 23.0 Å². The van der Waals surface area contributed by atoms with Crippen LogP contribution in [0, 0.1) is 10.6 Å². The summed E-state index contributed by atoms with van der Waals surface area (Å²) in [7, 11) is 0. The number of fused-ring (bicyclic) bond motifs is 5. The minimum absolute atomic E-state index is 0.321. The van der Waals surface area contributed by atoms with Crippen LogP contribution in [0.2, 0.25) is 0 Å². The van der Waals surface area contributed by atoms with E-state index in [4.69, 9.17) is 4.74 Å². The van der Waals surface area contributed by atoms with E-state index in [1.54, 1.807) is 0 Å². The van der Waals surface area contributed by atoms with Crippen LogP contribution in [0.15, 0.2) is 24.3 Å². The zero-order chi connectivity index (χ0) is 17.2. The first-order chi connectivity index (χ1) is 12.0. The fraction of sp³-hybridized carbons (Fsp3) is 0.500. The number of benzene rings is 1. The molecule has 130 valence electrons. The van der Waals surface area contributed by atoms with Crippen LogP contribution in [0.3, 0.4) is 0 Å². The zero-order valence-electron chi connectivity index (χ0n) is 15.1. The molecule has 1 fully saturated rings. The number of allylic oxidation sites excluding steroid dienone is 2. The van der Waals surface area contributed by atoms with Gasteiger partial charge in [0, 0.05) is 6.42 Å². The van der Waals surface area contributed by atoms with Crippen molar-refractivity contribution in [3.63, 3.8) is 0 Å². The summed E-state index contributed by atoms with van der Waals surface area (Å²) in [5.41, 5.74) is 4.98. The molecule has 3 nitrogen and oxygen atoms in total. The van der Waals surface area contributed by atoms with E-state index in [-0.39, 0.29) is 5.60 Å². The first-order valence-corrected chi connectivity index (χ1v) is 9.60. The van der Waals surface area contributed by atoms with E-state index in [1.807, 2.05) is 26.0 Å². The molecule has 25 heavy (non-hydrogen) atoms. The number of hydrogen-bond donors (Lipinski definition) is 0. The van der Waals surface area contributed by atoms with Gasteiger partial charge in [-0.25, -0.2) is 0 Å². The standard InChI is InChI=1S/C22H25NO2/c1-21(2)12-8-16-19(25-21)7-6-15-17-14-22(10-4-3-5-11-22)13-9-18(17)23(24)20(15)16/h6-8,12,14H,3-5,9-11,13H2,1-2H3. The van der Waals surface area contributed by atoms with E-state index in [9.17, 15) is 5.21 Å². The molecule has 1 spiro atoms. The van der Waals surface area contributed by atoms with Crippen molar-refractivity contribution in [3.8, 4) is 5.75 Å². The molecule has 2 aliphatic carbocycles. The van der Waals surface area contributed by atoms with Gasteiger partial charge >= 0.3 is 0 Å². The Hall–Kier alpha value is -2.03. The van der Waals surface area contributed by atoms with Gasteiger partial charge in [-0.1, -0.05) is 25.3 Å². The summed E-state index contributed by atoms with van der Waals surface area (Å²) in [6.45, 7) is 4.08. The van der Waals surface area contributed by atoms with Gasteiger partial charge < -0.3 is 9.94 Å². The van der Waals surface area contributed by atoms with Gasteiger partial charge in [0.2, 0.25) is 11.4 Å². The fourth-order valence-corrected chi connectivity index (χ4v) is 5.07. The Morgan fingerprint density at radius 2 is 1.88 bits per heavy atom. The van der Waals surface area contributed by atoms with Crippen molar-refractivity contribution in [2.24, 2.45) is 5.41 Å². The molecule has 4 aliphatic rings. The van der Waals surface area contributed by atoms with Crippen molar-refractivity contribution in [2.45, 2.75) is 64.4 Å². The molecule has 5 rings (SSSR count). The minimum atomic E-state index is -0.321. The second-order valence-corrected chi connectivity index (χ2v) is 8.63. The maximum Gasteiger partial charge on any atom is 0.235 e. The predicted octanol–water partition coefficient (Wildman–Crippen LogP) is 5.59. The number of ether oxygens (including phenoxy) is 1. The Kier molecular flexibility index (Phi) is 3.05. The smallest absolute Gasteiger partial charge is 0.235 e. The van der Waals surface area contributed by atoms with E-state index in [0.717, 1.165) is 41.1 Å². The first-order valence-electron chi connectivity index (χ1n) is 9.60. The fourth-order valence-electron chi connectivity index (χ4n) is 5.07. The van der Waals surface area contributed by atoms with Gasteiger partial charge in [-0.2, -0.15) is 4.74 Å². The van der Waals surface area contributed by atoms with Crippen LogP contribution in [-0.4, -0.2) is 16.1 Å². The van der Waals surface area contributed by atoms with Gasteiger partial charge in [-0.05, 0) is 62.8 Å². The Morgan fingerprint density at radius 1 is 1.08 bits per heavy atom. The van der Waals surface area contributed by atoms with E-state index in [1.165, 1.54) is 42.4 Å². The molecule has 0 radical (unpaired) electrons. The molecular formula is C22H25NO2. The summed E-state index contributed by atoms with van der Waals surface area (Å²) in [6, 6.07) is 4.13. The molecule has 2 heterocycles. The quantitative estimate of drug-likeness (QED) is 0.457. The summed E-state index contributed by atoms with van der Waals surface area (Å²) in [6.07, 6.45) is 15.1. The third-order valence-corrected chi connectivity index (χ3v) is 6.41. The van der Waals surface area contributed by atoms with Gasteiger partial charge in [0.1, 0.15) is 11.4 Å². The Balaban J connectivity index is 1.66. The zero-order valence-corrected chi connectivity index (χ0v) is 15.1. The summed E-state index contributed by atoms with van der Waals surface area (Å²) < 4.78 is 7.26. The third-order valence-electron chi connectivity index (χ3n) is 6.41. The lowest BCUT2D eigenvalue weighted by molar-refractivity contribution is -0.358. The highest BCUT2D eigenvalue weighted by Gasteiger charge is 2.43. The molecule has 0 N–H and O–H groups in total. The average molecular weight is 335 g/mol. The van der Waals surface area contributed by atoms with Crippen LogP contribution in [-0.2, 0) is 0 Å². The molecule has 0 unspecified atom stereocenters. The van der Waals surface area contributed by atoms with Gasteiger partial charge in [0.25, 0.3) is 0 Å². The molecule has 1 saturated carbocycles. The summed E-state index contributed by atoms with van der Waals surface area (Å²) in [5, 5.41) is 13.1. The van der Waals surface area contributed by atoms with Gasteiger partial charge in [-0.15, -0.1) is 0 Å². The number of nitrogens with zero attached hydrogens (tertiary/aromatic N) is 1. The number of rotatable bonds is 0. The van der Waals surface area contributed by atoms with Crippen LogP contribution < -0.4 is 4.74 Å². The van der Waals surface area contributed by atoms with Crippen molar-refractivity contribution in [3.05, 3.63) is 40.6 Å². The topological polar surface area (TPSA) is 35.3 Å². The van der Waals surface area contributed by atoms with Gasteiger partial charge in [0.05, 0.1) is 16.7 Å². The second kappa shape index (κ2) is 5.00. The molecule has 1 aromatic carbocycles. The second-order valence-electron chi connectivity index (χ2n) is 8.63. The van der Waals surface area contributed by atoms with Gasteiger partial charge in [0.15, 0.2) is 0 Å². The largest absolute Gasteiger partial charge is 0.618 e. The highest BCUT2D eigenvalue weighted by atomic mass is 16.5. The highest BCUT2D eigenvalue weighted by molar-refractivity contribution is 6.26. The Morgan fingerprint density at radius 3 is 2.68 bits per heavy atom. The van der Waals surface area contributed by atoms with Crippen molar-refractivity contribution in [2.75, 3.05) is 0 Å². The van der Waals surface area contributed by atoms with Crippen LogP contribution in [0.25, 0.3) is 11.6 Å². The molecule has 0 bridgehead atoms. The van der Waals surface area contributed by atoms with Crippen LogP contribution in [0.1, 0.15) is 69.9 Å². The first kappa shape index (κ1) is 15.2. The summed E-state index contributed by atoms with van der Waals surface area (Å²) in [5.74, 6) is 0.819. The molecule has 0 amide bonds. The monoisotopic (exact) mass is 335 g/mol. The summed E-state index contributed by atoms with van der Waals surface area (Å²) >= 11 is 0. The van der Waals surface area contributed by atoms with E-state index < -0.39 is 0 Å². The molecule has 0 atom stereocenters. The van der Waals surface area contributed by atoms with Gasteiger partial charge in [-0.3, -0.25) is 0 Å². The van der Waals surface area contributed by atoms with Crippen molar-refractivity contribution in [1.82, 2.24) is 0 Å². The molecule has 0 saturated heterocycles. The van der Waals surface area contributed by atoms with E-state index >= 15 is 0 Å². The summed E-state index contributed by atoms with van der Waals surface area (Å²) in [4.78, 5) is 0. The normalized spacial score (nSPS) is 25.1. The van der Waals surface area contributed by atoms with Crippen molar-refractivity contribution in [1.29, 1.82) is 0 Å². The number of hydrogen-bond acceptors (Lipinski definition) is 2. The minimum Gasteiger partial charge on any atom is -0.618 e. The van der Waals surface area contributed by atoms with Crippen molar-refractivity contribution < 1.29 is 9.48 Å². The molecule has 3 heteroatoms. The average Bonchev–Trinajstić information content (AvgIpc) is 2.86. The maximum absolute atomic E-state index is 13.1. The molecule has 0 aromatic heterocycles. The van der Waals surface area contributed by atoms with Crippen LogP contribution in [0.5, 0.6) is 5.75 Å². The lowest BCUT2D eigenvalue weighted by atomic mass is 9.66. The predicted molar refractivity (Wildman–Crippen MR) is 101 cm³/mol. The lowest BCUT2D eigenvalue weighted by Crippen LogP contribution is -2.28. The van der Waals surface area contributed by atoms with Crippen LogP contribution >= 0.6 is 0 Å². The third kappa shape index (κ3) is 2.21. The SMILES string of the molecule is CC1(C)C=Cc2c(ccc3c2[N+]([O-])=C2CCC4(C=C23)CCCCC4)O1. The van der Waals surface area contributed by atoms with Crippen LogP contribution in [0.4, 0.5) is 5.69 Å². The Bertz CT molecular complexity index is 851. The van der Waals surface area contributed by atoms with E-state index in [0.29, 0.717) is 5.41 Å². The molecular weight excluding hydrogens is 310 g/mol. The van der Waals surface area contributed by atoms with E-state index in [2.05, 4.69) is 18.2 Å². The highest BCUT2D eigenvalue weighted by Crippen LogP contribution is 2.52. The maximum atomic E-state index is 13.1. The molecule has 2 aliphatic heterocycles.